The van der Waals surface area contributed by atoms with Crippen molar-refractivity contribution in [2.45, 2.75) is 13.0 Å². The maximum atomic E-state index is 12.1. The van der Waals surface area contributed by atoms with E-state index in [1.54, 1.807) is 24.4 Å². The molecule has 0 aliphatic carbocycles. The summed E-state index contributed by atoms with van der Waals surface area (Å²) in [6, 6.07) is 14.5. The van der Waals surface area contributed by atoms with Gasteiger partial charge in [-0.15, -0.1) is 0 Å². The second-order valence-electron chi connectivity index (χ2n) is 5.70. The second-order valence-corrected chi connectivity index (χ2v) is 6.61. The van der Waals surface area contributed by atoms with Crippen LogP contribution >= 0.6 is 15.9 Å². The van der Waals surface area contributed by atoms with E-state index >= 15 is 0 Å². The number of aromatic nitrogens is 2. The van der Waals surface area contributed by atoms with Crippen molar-refractivity contribution in [2.24, 2.45) is 0 Å². The lowest BCUT2D eigenvalue weighted by atomic mass is 10.1. The predicted molar refractivity (Wildman–Crippen MR) is 103 cm³/mol. The molecule has 0 aliphatic heterocycles. The van der Waals surface area contributed by atoms with Crippen molar-refractivity contribution in [3.63, 3.8) is 0 Å². The summed E-state index contributed by atoms with van der Waals surface area (Å²) < 4.78 is 6.51. The number of rotatable bonds is 5. The number of hydrogen-bond donors (Lipinski definition) is 3. The molecule has 0 spiro atoms. The third-order valence-electron chi connectivity index (χ3n) is 3.75. The number of aromatic amines is 1. The smallest absolute Gasteiger partial charge is 0.286 e. The van der Waals surface area contributed by atoms with Crippen molar-refractivity contribution in [3.8, 4) is 5.88 Å². The van der Waals surface area contributed by atoms with Crippen molar-refractivity contribution in [1.82, 2.24) is 20.8 Å². The van der Waals surface area contributed by atoms with Crippen LogP contribution in [0.15, 0.2) is 65.4 Å². The van der Waals surface area contributed by atoms with Crippen LogP contribution in [-0.4, -0.2) is 21.8 Å². The molecule has 3 rings (SSSR count). The number of hydrogen-bond acceptors (Lipinski definition) is 4. The topological polar surface area (TPSA) is 96.1 Å². The molecule has 7 nitrogen and oxygen atoms in total. The third kappa shape index (κ3) is 4.95. The van der Waals surface area contributed by atoms with Gasteiger partial charge in [0, 0.05) is 22.9 Å². The van der Waals surface area contributed by atoms with E-state index in [2.05, 4.69) is 36.7 Å². The van der Waals surface area contributed by atoms with Crippen LogP contribution in [0, 0.1) is 0 Å². The SMILES string of the molecule is C[C@H](Oc1ccc(C(=O)NNC(=O)c2cc(Br)c[nH]2)cn1)c1ccccc1. The van der Waals surface area contributed by atoms with Gasteiger partial charge in [0.1, 0.15) is 11.8 Å². The third-order valence-corrected chi connectivity index (χ3v) is 4.20. The Morgan fingerprint density at radius 3 is 2.48 bits per heavy atom. The van der Waals surface area contributed by atoms with E-state index in [-0.39, 0.29) is 6.10 Å². The van der Waals surface area contributed by atoms with Gasteiger partial charge in [-0.2, -0.15) is 0 Å². The number of hydrazine groups is 1. The number of amides is 2. The zero-order valence-corrected chi connectivity index (χ0v) is 16.0. The Morgan fingerprint density at radius 1 is 1.11 bits per heavy atom. The first-order valence-corrected chi connectivity index (χ1v) is 8.94. The summed E-state index contributed by atoms with van der Waals surface area (Å²) in [5.41, 5.74) is 6.31. The molecule has 0 unspecified atom stereocenters. The molecule has 1 aromatic carbocycles. The van der Waals surface area contributed by atoms with Crippen LogP contribution in [0.2, 0.25) is 0 Å². The summed E-state index contributed by atoms with van der Waals surface area (Å²) in [5.74, 6) is -0.536. The van der Waals surface area contributed by atoms with Gasteiger partial charge >= 0.3 is 0 Å². The monoisotopic (exact) mass is 428 g/mol. The van der Waals surface area contributed by atoms with Gasteiger partial charge in [-0.1, -0.05) is 30.3 Å². The summed E-state index contributed by atoms with van der Waals surface area (Å²) in [4.78, 5) is 30.9. The fourth-order valence-corrected chi connectivity index (χ4v) is 2.65. The Labute approximate surface area is 164 Å². The molecule has 0 aliphatic rings. The van der Waals surface area contributed by atoms with Gasteiger partial charge in [-0.05, 0) is 40.5 Å². The fourth-order valence-electron chi connectivity index (χ4n) is 2.31. The Bertz CT molecular complexity index is 926. The van der Waals surface area contributed by atoms with E-state index in [4.69, 9.17) is 4.74 Å². The lowest BCUT2D eigenvalue weighted by Gasteiger charge is -2.14. The number of nitrogens with zero attached hydrogens (tertiary/aromatic N) is 1. The molecule has 0 saturated carbocycles. The summed E-state index contributed by atoms with van der Waals surface area (Å²) >= 11 is 3.24. The lowest BCUT2D eigenvalue weighted by Crippen LogP contribution is -2.41. The Hall–Kier alpha value is -3.13. The molecule has 2 aromatic heterocycles. The van der Waals surface area contributed by atoms with Crippen LogP contribution < -0.4 is 15.6 Å². The second kappa shape index (κ2) is 8.50. The number of nitrogens with one attached hydrogen (secondary N) is 3. The number of ether oxygens (including phenoxy) is 1. The molecule has 3 N–H and O–H groups in total. The minimum absolute atomic E-state index is 0.169. The molecule has 2 amide bonds. The molecule has 0 fully saturated rings. The number of benzene rings is 1. The molecular weight excluding hydrogens is 412 g/mol. The van der Waals surface area contributed by atoms with E-state index < -0.39 is 11.8 Å². The molecule has 0 bridgehead atoms. The highest BCUT2D eigenvalue weighted by Gasteiger charge is 2.12. The van der Waals surface area contributed by atoms with Crippen LogP contribution in [0.5, 0.6) is 5.88 Å². The molecule has 27 heavy (non-hydrogen) atoms. The molecule has 1 atom stereocenters. The van der Waals surface area contributed by atoms with Crippen LogP contribution in [0.25, 0.3) is 0 Å². The Morgan fingerprint density at radius 2 is 1.85 bits per heavy atom. The average Bonchev–Trinajstić information content (AvgIpc) is 3.13. The summed E-state index contributed by atoms with van der Waals surface area (Å²) in [7, 11) is 0. The fraction of sp³-hybridized carbons (Fsp3) is 0.105. The summed E-state index contributed by atoms with van der Waals surface area (Å²) in [5, 5.41) is 0. The first kappa shape index (κ1) is 18.7. The van der Waals surface area contributed by atoms with E-state index in [0.29, 0.717) is 17.1 Å². The van der Waals surface area contributed by atoms with Gasteiger partial charge in [0.05, 0.1) is 5.56 Å². The van der Waals surface area contributed by atoms with Crippen molar-refractivity contribution < 1.29 is 14.3 Å². The van der Waals surface area contributed by atoms with Crippen molar-refractivity contribution in [2.75, 3.05) is 0 Å². The average molecular weight is 429 g/mol. The lowest BCUT2D eigenvalue weighted by molar-refractivity contribution is 0.0844. The van der Waals surface area contributed by atoms with E-state index in [0.717, 1.165) is 10.0 Å². The highest BCUT2D eigenvalue weighted by atomic mass is 79.9. The van der Waals surface area contributed by atoms with E-state index in [1.165, 1.54) is 6.20 Å². The van der Waals surface area contributed by atoms with Crippen molar-refractivity contribution in [1.29, 1.82) is 0 Å². The molecule has 0 radical (unpaired) electrons. The predicted octanol–water partition coefficient (Wildman–Crippen LogP) is 3.39. The van der Waals surface area contributed by atoms with Crippen molar-refractivity contribution in [3.05, 3.63) is 82.2 Å². The van der Waals surface area contributed by atoms with Gasteiger partial charge in [0.2, 0.25) is 5.88 Å². The first-order chi connectivity index (χ1) is 13.0. The molecule has 0 saturated heterocycles. The van der Waals surface area contributed by atoms with Gasteiger partial charge in [0.15, 0.2) is 0 Å². The minimum atomic E-state index is -0.482. The Balaban J connectivity index is 1.55. The standard InChI is InChI=1S/C19H17BrN4O3/c1-12(13-5-3-2-4-6-13)27-17-8-7-14(10-22-17)18(25)23-24-19(26)16-9-15(20)11-21-16/h2-12,21H,1H3,(H,23,25)(H,24,26)/t12-/m0/s1. The molecule has 8 heteroatoms. The Kier molecular flexibility index (Phi) is 5.87. The maximum absolute atomic E-state index is 12.1. The van der Waals surface area contributed by atoms with Crippen LogP contribution in [-0.2, 0) is 0 Å². The van der Waals surface area contributed by atoms with Gasteiger partial charge < -0.3 is 9.72 Å². The van der Waals surface area contributed by atoms with Crippen molar-refractivity contribution >= 4 is 27.7 Å². The normalized spacial score (nSPS) is 11.5. The molecular formula is C19H17BrN4O3. The maximum Gasteiger partial charge on any atom is 0.286 e. The number of carbonyl (C=O) groups is 2. The quantitative estimate of drug-likeness (QED) is 0.542. The summed E-state index contributed by atoms with van der Waals surface area (Å²) in [6.07, 6.45) is 2.84. The number of pyridine rings is 1. The highest BCUT2D eigenvalue weighted by molar-refractivity contribution is 9.10. The minimum Gasteiger partial charge on any atom is -0.470 e. The van der Waals surface area contributed by atoms with Crippen LogP contribution in [0.3, 0.4) is 0 Å². The first-order valence-electron chi connectivity index (χ1n) is 8.15. The zero-order chi connectivity index (χ0) is 19.2. The summed E-state index contributed by atoms with van der Waals surface area (Å²) in [6.45, 7) is 1.92. The van der Waals surface area contributed by atoms with Gasteiger partial charge in [0.25, 0.3) is 11.8 Å². The van der Waals surface area contributed by atoms with E-state index in [9.17, 15) is 9.59 Å². The zero-order valence-electron chi connectivity index (χ0n) is 14.4. The van der Waals surface area contributed by atoms with Gasteiger partial charge in [-0.3, -0.25) is 20.4 Å². The van der Waals surface area contributed by atoms with Gasteiger partial charge in [-0.25, -0.2) is 4.98 Å². The largest absolute Gasteiger partial charge is 0.470 e. The number of H-pyrrole nitrogens is 1. The molecule has 138 valence electrons. The number of halogens is 1. The van der Waals surface area contributed by atoms with Crippen LogP contribution in [0.4, 0.5) is 0 Å². The van der Waals surface area contributed by atoms with Crippen LogP contribution in [0.1, 0.15) is 39.4 Å². The number of carbonyl (C=O) groups excluding carboxylic acids is 2. The molecule has 2 heterocycles. The molecule has 3 aromatic rings. The van der Waals surface area contributed by atoms with E-state index in [1.807, 2.05) is 37.3 Å². The highest BCUT2D eigenvalue weighted by Crippen LogP contribution is 2.19.